The predicted octanol–water partition coefficient (Wildman–Crippen LogP) is 4.09. The molecular weight excluding hydrogens is 524 g/mol. The Labute approximate surface area is 239 Å². The van der Waals surface area contributed by atoms with Crippen LogP contribution in [0.15, 0.2) is 66.9 Å². The number of fused-ring (bicyclic) bond motifs is 2. The molecule has 0 unspecified atom stereocenters. The van der Waals surface area contributed by atoms with Crippen molar-refractivity contribution in [2.45, 2.75) is 32.7 Å². The van der Waals surface area contributed by atoms with E-state index in [0.29, 0.717) is 23.9 Å². The van der Waals surface area contributed by atoms with Crippen molar-refractivity contribution in [1.82, 2.24) is 14.8 Å². The number of nitrogens with zero attached hydrogens (tertiary/aromatic N) is 3. The maximum atomic E-state index is 13.8. The number of nitrogens with one attached hydrogen (secondary N) is 1. The lowest BCUT2D eigenvalue weighted by molar-refractivity contribution is -0.145. The molecule has 2 amide bonds. The predicted molar refractivity (Wildman–Crippen MR) is 154 cm³/mol. The topological polar surface area (TPSA) is 121 Å². The third kappa shape index (κ3) is 8.04. The number of carbonyl (C=O) groups excluding carboxylic acids is 2. The molecule has 0 bridgehead atoms. The van der Waals surface area contributed by atoms with Gasteiger partial charge in [-0.15, -0.1) is 0 Å². The molecule has 1 aromatic heterocycles. The van der Waals surface area contributed by atoms with Gasteiger partial charge < -0.3 is 29.7 Å². The fraction of sp³-hybridized carbons (Fsp3) is 0.355. The van der Waals surface area contributed by atoms with E-state index in [0.717, 1.165) is 11.1 Å². The van der Waals surface area contributed by atoms with Crippen LogP contribution in [0.4, 0.5) is 11.5 Å². The van der Waals surface area contributed by atoms with Crippen LogP contribution in [-0.2, 0) is 26.3 Å². The summed E-state index contributed by atoms with van der Waals surface area (Å²) >= 11 is 0. The highest BCUT2D eigenvalue weighted by atomic mass is 16.5. The summed E-state index contributed by atoms with van der Waals surface area (Å²) in [5.74, 6) is -1.16. The quantitative estimate of drug-likeness (QED) is 0.463. The highest BCUT2D eigenvalue weighted by Crippen LogP contribution is 2.29. The number of aliphatic carboxylic acids is 1. The summed E-state index contributed by atoms with van der Waals surface area (Å²) in [6, 6.07) is 18.4. The molecule has 2 aromatic carbocycles. The number of carbonyl (C=O) groups is 3. The average molecular weight is 561 g/mol. The first-order valence-corrected chi connectivity index (χ1v) is 13.5. The second kappa shape index (κ2) is 13.3. The number of carboxylic acid groups (broad SMARTS) is 1. The zero-order valence-electron chi connectivity index (χ0n) is 23.6. The van der Waals surface area contributed by atoms with Crippen LogP contribution in [0.2, 0.25) is 0 Å². The highest BCUT2D eigenvalue weighted by molar-refractivity contribution is 6.01. The van der Waals surface area contributed by atoms with Crippen molar-refractivity contribution in [1.29, 1.82) is 0 Å². The molecule has 41 heavy (non-hydrogen) atoms. The number of rotatable bonds is 6. The summed E-state index contributed by atoms with van der Waals surface area (Å²) in [6.45, 7) is 6.47. The summed E-state index contributed by atoms with van der Waals surface area (Å²) in [5, 5.41) is 12.7. The molecule has 0 atom stereocenters. The third-order valence-corrected chi connectivity index (χ3v) is 6.65. The molecule has 0 radical (unpaired) electrons. The monoisotopic (exact) mass is 560 g/mol. The first-order chi connectivity index (χ1) is 19.6. The zero-order valence-corrected chi connectivity index (χ0v) is 23.6. The van der Waals surface area contributed by atoms with E-state index in [1.54, 1.807) is 18.3 Å². The largest absolute Gasteiger partial charge is 0.489 e. The van der Waals surface area contributed by atoms with Gasteiger partial charge in [-0.1, -0.05) is 57.2 Å². The van der Waals surface area contributed by atoms with E-state index in [2.05, 4.69) is 31.1 Å². The molecule has 2 N–H and O–H groups in total. The van der Waals surface area contributed by atoms with Gasteiger partial charge in [-0.05, 0) is 40.8 Å². The Morgan fingerprint density at radius 3 is 2.51 bits per heavy atom. The number of amides is 2. The number of aromatic nitrogens is 1. The normalized spacial score (nSPS) is 14.2. The van der Waals surface area contributed by atoms with Gasteiger partial charge in [0.05, 0.1) is 24.5 Å². The number of hydrogen-bond acceptors (Lipinski definition) is 7. The lowest BCUT2D eigenvalue weighted by Gasteiger charge is -2.27. The molecule has 0 spiro atoms. The van der Waals surface area contributed by atoms with Gasteiger partial charge in [-0.2, -0.15) is 0 Å². The minimum atomic E-state index is -1.14. The molecule has 1 aliphatic rings. The van der Waals surface area contributed by atoms with Gasteiger partial charge in [-0.25, -0.2) is 4.98 Å². The molecule has 0 saturated carbocycles. The lowest BCUT2D eigenvalue weighted by Crippen LogP contribution is -2.45. The summed E-state index contributed by atoms with van der Waals surface area (Å²) in [6.07, 6.45) is 1.57. The number of para-hydroxylation sites is 2. The molecule has 10 heteroatoms. The smallest absolute Gasteiger partial charge is 0.323 e. The van der Waals surface area contributed by atoms with Gasteiger partial charge >= 0.3 is 5.97 Å². The Hall–Kier alpha value is -4.44. The second-order valence-electron chi connectivity index (χ2n) is 10.8. The molecule has 0 aliphatic carbocycles. The van der Waals surface area contributed by atoms with E-state index < -0.39 is 24.3 Å². The van der Waals surface area contributed by atoms with Crippen LogP contribution in [0, 0.1) is 0 Å². The molecular formula is C31H36N4O6. The number of benzene rings is 2. The van der Waals surface area contributed by atoms with Gasteiger partial charge in [0.2, 0.25) is 5.91 Å². The van der Waals surface area contributed by atoms with E-state index in [1.165, 1.54) is 9.80 Å². The van der Waals surface area contributed by atoms with Crippen molar-refractivity contribution in [3.63, 3.8) is 0 Å². The SMILES string of the molecule is CC(C)(C)c1ccc(CN(CC(=O)O)C(=O)CN2CCOCCOc3ccccc3Nc3ncccc3C2=O)cc1. The van der Waals surface area contributed by atoms with Crippen molar-refractivity contribution in [2.24, 2.45) is 0 Å². The van der Waals surface area contributed by atoms with Crippen LogP contribution in [0.1, 0.15) is 42.3 Å². The van der Waals surface area contributed by atoms with Crippen LogP contribution in [0.3, 0.4) is 0 Å². The van der Waals surface area contributed by atoms with Gasteiger partial charge in [-0.3, -0.25) is 14.4 Å². The maximum Gasteiger partial charge on any atom is 0.323 e. The molecule has 2 heterocycles. The van der Waals surface area contributed by atoms with Crippen LogP contribution in [0.25, 0.3) is 0 Å². The van der Waals surface area contributed by atoms with Crippen molar-refractivity contribution < 1.29 is 29.0 Å². The van der Waals surface area contributed by atoms with Crippen LogP contribution < -0.4 is 10.1 Å². The molecule has 3 aromatic rings. The molecule has 1 aliphatic heterocycles. The molecule has 4 rings (SSSR count). The number of carboxylic acids is 1. The third-order valence-electron chi connectivity index (χ3n) is 6.65. The standard InChI is InChI=1S/C31H36N4O6/c1-31(2,3)23-12-10-22(11-13-23)19-35(21-28(37)38)27(36)20-34-15-16-40-17-18-41-26-9-5-4-8-25(26)33-29-24(30(34)39)7-6-14-32-29/h4-14H,15-21H2,1-3H3,(H,32,33)(H,37,38). The number of ether oxygens (including phenoxy) is 2. The first kappa shape index (κ1) is 29.5. The Kier molecular flexibility index (Phi) is 9.57. The van der Waals surface area contributed by atoms with Gasteiger partial charge in [0, 0.05) is 19.3 Å². The number of pyridine rings is 1. The van der Waals surface area contributed by atoms with Crippen LogP contribution >= 0.6 is 0 Å². The highest BCUT2D eigenvalue weighted by Gasteiger charge is 2.26. The molecule has 0 saturated heterocycles. The fourth-order valence-corrected chi connectivity index (χ4v) is 4.40. The van der Waals surface area contributed by atoms with E-state index in [4.69, 9.17) is 9.47 Å². The van der Waals surface area contributed by atoms with E-state index in [1.807, 2.05) is 48.5 Å². The maximum absolute atomic E-state index is 13.8. The Bertz CT molecular complexity index is 1370. The molecule has 216 valence electrons. The van der Waals surface area contributed by atoms with E-state index in [9.17, 15) is 19.5 Å². The van der Waals surface area contributed by atoms with Crippen LogP contribution in [0.5, 0.6) is 5.75 Å². The van der Waals surface area contributed by atoms with E-state index >= 15 is 0 Å². The minimum absolute atomic E-state index is 0.0360. The summed E-state index contributed by atoms with van der Waals surface area (Å²) in [4.78, 5) is 46.0. The van der Waals surface area contributed by atoms with Gasteiger partial charge in [0.1, 0.15) is 31.3 Å². The zero-order chi connectivity index (χ0) is 29.4. The summed E-state index contributed by atoms with van der Waals surface area (Å²) in [7, 11) is 0. The van der Waals surface area contributed by atoms with Crippen molar-refractivity contribution in [3.8, 4) is 5.75 Å². The second-order valence-corrected chi connectivity index (χ2v) is 10.8. The van der Waals surface area contributed by atoms with Gasteiger partial charge in [0.25, 0.3) is 5.91 Å². The summed E-state index contributed by atoms with van der Waals surface area (Å²) < 4.78 is 11.6. The average Bonchev–Trinajstić information content (AvgIpc) is 2.94. The number of hydrogen-bond donors (Lipinski definition) is 2. The van der Waals surface area contributed by atoms with Crippen molar-refractivity contribution in [2.75, 3.05) is 44.8 Å². The lowest BCUT2D eigenvalue weighted by atomic mass is 9.87. The van der Waals surface area contributed by atoms with E-state index in [-0.39, 0.29) is 43.8 Å². The Balaban J connectivity index is 1.58. The fourth-order valence-electron chi connectivity index (χ4n) is 4.40. The minimum Gasteiger partial charge on any atom is -0.489 e. The summed E-state index contributed by atoms with van der Waals surface area (Å²) in [5.41, 5.74) is 2.78. The van der Waals surface area contributed by atoms with Crippen molar-refractivity contribution in [3.05, 3.63) is 83.6 Å². The first-order valence-electron chi connectivity index (χ1n) is 13.5. The molecule has 0 fully saturated rings. The van der Waals surface area contributed by atoms with Crippen LogP contribution in [-0.4, -0.2) is 77.1 Å². The van der Waals surface area contributed by atoms with Gasteiger partial charge in [0.15, 0.2) is 0 Å². The van der Waals surface area contributed by atoms with Crippen molar-refractivity contribution >= 4 is 29.3 Å². The Morgan fingerprint density at radius 1 is 1.02 bits per heavy atom. The Morgan fingerprint density at radius 2 is 1.78 bits per heavy atom. The number of anilines is 2. The molecule has 10 nitrogen and oxygen atoms in total.